The lowest BCUT2D eigenvalue weighted by molar-refractivity contribution is -0.387. The maximum absolute atomic E-state index is 11.5. The molecule has 6 nitrogen and oxygen atoms in total. The summed E-state index contributed by atoms with van der Waals surface area (Å²) >= 11 is 0. The number of rotatable bonds is 1. The summed E-state index contributed by atoms with van der Waals surface area (Å²) in [5, 5.41) is 19.7. The SMILES string of the molecule is O=c1c([N+](=O)[O-])c(O)cc2n1CCC2. The van der Waals surface area contributed by atoms with E-state index in [0.717, 1.165) is 6.42 Å². The van der Waals surface area contributed by atoms with Crippen LogP contribution in [-0.2, 0) is 13.0 Å². The second kappa shape index (κ2) is 2.83. The standard InChI is InChI=1S/C8H8N2O4/c11-6-4-5-2-1-3-9(5)8(12)7(6)10(13)14/h4,11H,1-3H2. The third-order valence-corrected chi connectivity index (χ3v) is 2.34. The largest absolute Gasteiger partial charge is 0.502 e. The van der Waals surface area contributed by atoms with Gasteiger partial charge in [0.2, 0.25) is 5.75 Å². The highest BCUT2D eigenvalue weighted by molar-refractivity contribution is 5.44. The summed E-state index contributed by atoms with van der Waals surface area (Å²) in [5.74, 6) is -0.534. The zero-order valence-electron chi connectivity index (χ0n) is 7.27. The molecule has 1 N–H and O–H groups in total. The highest BCUT2D eigenvalue weighted by Crippen LogP contribution is 2.25. The first-order valence-electron chi connectivity index (χ1n) is 4.21. The molecule has 0 radical (unpaired) electrons. The lowest BCUT2D eigenvalue weighted by Crippen LogP contribution is -2.21. The maximum Gasteiger partial charge on any atom is 0.375 e. The van der Waals surface area contributed by atoms with Gasteiger partial charge >= 0.3 is 11.2 Å². The summed E-state index contributed by atoms with van der Waals surface area (Å²) < 4.78 is 1.35. The Kier molecular flexibility index (Phi) is 1.77. The van der Waals surface area contributed by atoms with E-state index in [1.807, 2.05) is 0 Å². The van der Waals surface area contributed by atoms with E-state index in [9.17, 15) is 20.0 Å². The molecule has 0 aliphatic carbocycles. The minimum atomic E-state index is -0.844. The Hall–Kier alpha value is -1.85. The van der Waals surface area contributed by atoms with E-state index in [2.05, 4.69) is 0 Å². The average molecular weight is 196 g/mol. The molecule has 0 aromatic carbocycles. The van der Waals surface area contributed by atoms with Crippen LogP contribution in [0.5, 0.6) is 5.75 Å². The van der Waals surface area contributed by atoms with Crippen molar-refractivity contribution in [1.29, 1.82) is 0 Å². The van der Waals surface area contributed by atoms with Gasteiger partial charge in [-0.25, -0.2) is 0 Å². The van der Waals surface area contributed by atoms with Gasteiger partial charge in [-0.2, -0.15) is 0 Å². The highest BCUT2D eigenvalue weighted by Gasteiger charge is 2.25. The molecule has 0 fully saturated rings. The first kappa shape index (κ1) is 8.74. The Morgan fingerprint density at radius 1 is 1.57 bits per heavy atom. The quantitative estimate of drug-likeness (QED) is 0.520. The van der Waals surface area contributed by atoms with Crippen LogP contribution in [0.25, 0.3) is 0 Å². The number of hydrogen-bond acceptors (Lipinski definition) is 4. The Bertz CT molecular complexity index is 463. The molecular weight excluding hydrogens is 188 g/mol. The number of nitrogens with zero attached hydrogens (tertiary/aromatic N) is 2. The average Bonchev–Trinajstić information content (AvgIpc) is 2.50. The fourth-order valence-electron chi connectivity index (χ4n) is 1.71. The number of aromatic hydroxyl groups is 1. The van der Waals surface area contributed by atoms with Crippen LogP contribution in [0.15, 0.2) is 10.9 Å². The molecule has 0 saturated carbocycles. The van der Waals surface area contributed by atoms with E-state index in [-0.39, 0.29) is 0 Å². The fraction of sp³-hybridized carbons (Fsp3) is 0.375. The molecule has 0 amide bonds. The minimum absolute atomic E-state index is 0.495. The second-order valence-corrected chi connectivity index (χ2v) is 3.19. The van der Waals surface area contributed by atoms with Gasteiger partial charge < -0.3 is 9.67 Å². The van der Waals surface area contributed by atoms with Crippen molar-refractivity contribution in [3.05, 3.63) is 32.2 Å². The van der Waals surface area contributed by atoms with Crippen molar-refractivity contribution in [2.24, 2.45) is 0 Å². The van der Waals surface area contributed by atoms with Crippen molar-refractivity contribution in [3.63, 3.8) is 0 Å². The first-order valence-corrected chi connectivity index (χ1v) is 4.21. The molecule has 1 aliphatic heterocycles. The van der Waals surface area contributed by atoms with Crippen LogP contribution >= 0.6 is 0 Å². The van der Waals surface area contributed by atoms with Crippen LogP contribution in [0.1, 0.15) is 12.1 Å². The normalized spacial score (nSPS) is 14.0. The molecule has 14 heavy (non-hydrogen) atoms. The molecule has 1 aliphatic rings. The van der Waals surface area contributed by atoms with Crippen molar-refractivity contribution >= 4 is 5.69 Å². The number of pyridine rings is 1. The Balaban J connectivity index is 2.75. The number of fused-ring (bicyclic) bond motifs is 1. The Morgan fingerprint density at radius 3 is 2.93 bits per heavy atom. The number of aromatic nitrogens is 1. The van der Waals surface area contributed by atoms with Crippen molar-refractivity contribution < 1.29 is 10.0 Å². The Morgan fingerprint density at radius 2 is 2.29 bits per heavy atom. The minimum Gasteiger partial charge on any atom is -0.502 e. The van der Waals surface area contributed by atoms with Gasteiger partial charge in [-0.1, -0.05) is 0 Å². The van der Waals surface area contributed by atoms with Crippen LogP contribution in [0, 0.1) is 10.1 Å². The van der Waals surface area contributed by atoms with Gasteiger partial charge in [0, 0.05) is 18.3 Å². The van der Waals surface area contributed by atoms with Crippen molar-refractivity contribution in [3.8, 4) is 5.75 Å². The molecule has 6 heteroatoms. The smallest absolute Gasteiger partial charge is 0.375 e. The van der Waals surface area contributed by atoms with Crippen LogP contribution < -0.4 is 5.56 Å². The summed E-state index contributed by atoms with van der Waals surface area (Å²) in [6, 6.07) is 1.30. The molecule has 0 unspecified atom stereocenters. The van der Waals surface area contributed by atoms with Crippen molar-refractivity contribution in [2.45, 2.75) is 19.4 Å². The lowest BCUT2D eigenvalue weighted by atomic mass is 10.2. The first-order chi connectivity index (χ1) is 6.61. The lowest BCUT2D eigenvalue weighted by Gasteiger charge is -2.02. The topological polar surface area (TPSA) is 85.4 Å². The summed E-state index contributed by atoms with van der Waals surface area (Å²) in [6.45, 7) is 0.495. The van der Waals surface area contributed by atoms with E-state index in [1.165, 1.54) is 10.6 Å². The zero-order valence-corrected chi connectivity index (χ0v) is 7.27. The predicted octanol–water partition coefficient (Wildman–Crippen LogP) is 0.408. The van der Waals surface area contributed by atoms with E-state index in [0.29, 0.717) is 18.7 Å². The molecule has 0 atom stereocenters. The molecule has 0 bridgehead atoms. The van der Waals surface area contributed by atoms with Gasteiger partial charge in [-0.15, -0.1) is 0 Å². The van der Waals surface area contributed by atoms with E-state index in [1.54, 1.807) is 0 Å². The molecular formula is C8H8N2O4. The molecule has 74 valence electrons. The molecule has 1 aromatic heterocycles. The van der Waals surface area contributed by atoms with E-state index in [4.69, 9.17) is 0 Å². The molecule has 2 heterocycles. The highest BCUT2D eigenvalue weighted by atomic mass is 16.6. The van der Waals surface area contributed by atoms with E-state index >= 15 is 0 Å². The van der Waals surface area contributed by atoms with Crippen LogP contribution in [0.2, 0.25) is 0 Å². The molecule has 0 spiro atoms. The molecule has 0 saturated heterocycles. The van der Waals surface area contributed by atoms with Crippen LogP contribution in [0.4, 0.5) is 5.69 Å². The number of aryl methyl sites for hydroxylation is 1. The van der Waals surface area contributed by atoms with Crippen LogP contribution in [-0.4, -0.2) is 14.6 Å². The van der Waals surface area contributed by atoms with Gasteiger partial charge in [0.05, 0.1) is 4.92 Å². The monoisotopic (exact) mass is 196 g/mol. The maximum atomic E-state index is 11.5. The second-order valence-electron chi connectivity index (χ2n) is 3.19. The van der Waals surface area contributed by atoms with Crippen LogP contribution in [0.3, 0.4) is 0 Å². The van der Waals surface area contributed by atoms with Gasteiger partial charge in [-0.05, 0) is 12.8 Å². The predicted molar refractivity (Wildman–Crippen MR) is 47.3 cm³/mol. The third kappa shape index (κ3) is 1.07. The number of hydrogen-bond donors (Lipinski definition) is 1. The van der Waals surface area contributed by atoms with Gasteiger partial charge in [0.15, 0.2) is 0 Å². The van der Waals surface area contributed by atoms with Gasteiger partial charge in [0.1, 0.15) is 0 Å². The zero-order chi connectivity index (χ0) is 10.3. The third-order valence-electron chi connectivity index (χ3n) is 2.34. The van der Waals surface area contributed by atoms with E-state index < -0.39 is 21.9 Å². The van der Waals surface area contributed by atoms with Gasteiger partial charge in [0.25, 0.3) is 0 Å². The molecule has 2 rings (SSSR count). The summed E-state index contributed by atoms with van der Waals surface area (Å²) in [4.78, 5) is 21.1. The summed E-state index contributed by atoms with van der Waals surface area (Å²) in [6.07, 6.45) is 1.47. The summed E-state index contributed by atoms with van der Waals surface area (Å²) in [7, 11) is 0. The van der Waals surface area contributed by atoms with Crippen molar-refractivity contribution in [2.75, 3.05) is 0 Å². The fourth-order valence-corrected chi connectivity index (χ4v) is 1.71. The molecule has 1 aromatic rings. The number of nitro groups is 1. The van der Waals surface area contributed by atoms with Crippen molar-refractivity contribution in [1.82, 2.24) is 4.57 Å². The Labute approximate surface area is 78.6 Å². The summed E-state index contributed by atoms with van der Waals surface area (Å²) in [5.41, 5.74) is -0.767. The van der Waals surface area contributed by atoms with Gasteiger partial charge in [-0.3, -0.25) is 14.9 Å².